The largest absolute Gasteiger partial charge is 0.295 e. The van der Waals surface area contributed by atoms with Crippen molar-refractivity contribution in [1.29, 1.82) is 0 Å². The third-order valence-electron chi connectivity index (χ3n) is 3.35. The van der Waals surface area contributed by atoms with Gasteiger partial charge in [0.1, 0.15) is 5.82 Å². The highest BCUT2D eigenvalue weighted by Crippen LogP contribution is 2.29. The molecule has 108 valence electrons. The minimum Gasteiger partial charge on any atom is -0.295 e. The smallest absolute Gasteiger partial charge is 0.160 e. The molecule has 0 amide bonds. The Morgan fingerprint density at radius 3 is 2.52 bits per heavy atom. The van der Waals surface area contributed by atoms with Crippen molar-refractivity contribution in [2.75, 3.05) is 0 Å². The number of benzene rings is 2. The van der Waals surface area contributed by atoms with Gasteiger partial charge in [0, 0.05) is 6.07 Å². The van der Waals surface area contributed by atoms with Crippen LogP contribution in [0.1, 0.15) is 23.7 Å². The Morgan fingerprint density at radius 2 is 1.86 bits per heavy atom. The van der Waals surface area contributed by atoms with Gasteiger partial charge in [-0.25, -0.2) is 13.8 Å². The Hall–Kier alpha value is -1.94. The van der Waals surface area contributed by atoms with Gasteiger partial charge in [-0.15, -0.1) is 11.6 Å². The van der Waals surface area contributed by atoms with Crippen LogP contribution < -0.4 is 0 Å². The minimum absolute atomic E-state index is 0.356. The van der Waals surface area contributed by atoms with Crippen molar-refractivity contribution in [2.45, 2.75) is 19.2 Å². The number of halogens is 3. The molecule has 1 heterocycles. The molecule has 0 spiro atoms. The van der Waals surface area contributed by atoms with E-state index in [1.54, 1.807) is 11.5 Å². The Balaban J connectivity index is 2.33. The summed E-state index contributed by atoms with van der Waals surface area (Å²) in [6, 6.07) is 9.56. The Morgan fingerprint density at radius 1 is 1.10 bits per heavy atom. The maximum atomic E-state index is 13.5. The van der Waals surface area contributed by atoms with Crippen LogP contribution in [0.5, 0.6) is 0 Å². The third-order valence-corrected chi connectivity index (χ3v) is 3.55. The van der Waals surface area contributed by atoms with Crippen LogP contribution in [0.2, 0.25) is 0 Å². The van der Waals surface area contributed by atoms with Crippen molar-refractivity contribution >= 4 is 22.6 Å². The van der Waals surface area contributed by atoms with Crippen molar-refractivity contribution in [1.82, 2.24) is 9.55 Å². The summed E-state index contributed by atoms with van der Waals surface area (Å²) < 4.78 is 28.4. The molecule has 1 unspecified atom stereocenters. The van der Waals surface area contributed by atoms with E-state index < -0.39 is 11.6 Å². The summed E-state index contributed by atoms with van der Waals surface area (Å²) >= 11 is 6.19. The van der Waals surface area contributed by atoms with Crippen molar-refractivity contribution in [3.8, 4) is 5.69 Å². The van der Waals surface area contributed by atoms with E-state index in [0.29, 0.717) is 11.5 Å². The molecule has 0 aliphatic rings. The molecular formula is C16H13ClF2N2. The zero-order valence-electron chi connectivity index (χ0n) is 11.6. The van der Waals surface area contributed by atoms with E-state index in [-0.39, 0.29) is 5.38 Å². The number of fused-ring (bicyclic) bond motifs is 1. The fraction of sp³-hybridized carbons (Fsp3) is 0.188. The zero-order chi connectivity index (χ0) is 15.1. The van der Waals surface area contributed by atoms with Crippen LogP contribution in [0.25, 0.3) is 16.7 Å². The second-order valence-electron chi connectivity index (χ2n) is 5.01. The second-order valence-corrected chi connectivity index (χ2v) is 5.67. The van der Waals surface area contributed by atoms with Gasteiger partial charge in [-0.1, -0.05) is 6.07 Å². The third kappa shape index (κ3) is 2.40. The minimum atomic E-state index is -0.894. The molecule has 5 heteroatoms. The molecule has 2 nitrogen and oxygen atoms in total. The highest BCUT2D eigenvalue weighted by atomic mass is 35.5. The van der Waals surface area contributed by atoms with Crippen LogP contribution in [0, 0.1) is 18.6 Å². The predicted molar refractivity (Wildman–Crippen MR) is 80.0 cm³/mol. The van der Waals surface area contributed by atoms with E-state index in [4.69, 9.17) is 11.6 Å². The molecule has 1 aromatic heterocycles. The lowest BCUT2D eigenvalue weighted by Crippen LogP contribution is -2.03. The van der Waals surface area contributed by atoms with E-state index in [9.17, 15) is 8.78 Å². The van der Waals surface area contributed by atoms with Gasteiger partial charge >= 0.3 is 0 Å². The summed E-state index contributed by atoms with van der Waals surface area (Å²) in [6.45, 7) is 3.77. The lowest BCUT2D eigenvalue weighted by molar-refractivity contribution is 0.508. The molecule has 0 radical (unpaired) electrons. The molecule has 0 aliphatic heterocycles. The van der Waals surface area contributed by atoms with Gasteiger partial charge in [-0.2, -0.15) is 0 Å². The van der Waals surface area contributed by atoms with Gasteiger partial charge in [-0.05, 0) is 43.7 Å². The van der Waals surface area contributed by atoms with Crippen molar-refractivity contribution in [3.63, 3.8) is 0 Å². The maximum absolute atomic E-state index is 13.5. The van der Waals surface area contributed by atoms with Gasteiger partial charge in [0.25, 0.3) is 0 Å². The molecule has 21 heavy (non-hydrogen) atoms. The van der Waals surface area contributed by atoms with Crippen LogP contribution in [-0.2, 0) is 0 Å². The fourth-order valence-electron chi connectivity index (χ4n) is 2.37. The first-order valence-electron chi connectivity index (χ1n) is 6.56. The molecule has 0 bridgehead atoms. The summed E-state index contributed by atoms with van der Waals surface area (Å²) in [6.07, 6.45) is 0. The predicted octanol–water partition coefficient (Wildman–Crippen LogP) is 4.91. The lowest BCUT2D eigenvalue weighted by atomic mass is 10.2. The van der Waals surface area contributed by atoms with Crippen molar-refractivity contribution < 1.29 is 8.78 Å². The second kappa shape index (κ2) is 5.11. The summed E-state index contributed by atoms with van der Waals surface area (Å²) in [4.78, 5) is 4.52. The van der Waals surface area contributed by atoms with E-state index >= 15 is 0 Å². The van der Waals surface area contributed by atoms with Crippen LogP contribution in [0.3, 0.4) is 0 Å². The van der Waals surface area contributed by atoms with Gasteiger partial charge in [0.2, 0.25) is 0 Å². The fourth-order valence-corrected chi connectivity index (χ4v) is 2.52. The van der Waals surface area contributed by atoms with E-state index in [1.165, 1.54) is 6.07 Å². The van der Waals surface area contributed by atoms with Crippen molar-refractivity contribution in [3.05, 3.63) is 59.4 Å². The number of aromatic nitrogens is 2. The monoisotopic (exact) mass is 306 g/mol. The number of nitrogens with zero attached hydrogens (tertiary/aromatic N) is 2. The number of aryl methyl sites for hydroxylation is 1. The van der Waals surface area contributed by atoms with Gasteiger partial charge in [0.05, 0.1) is 22.1 Å². The Kier molecular flexibility index (Phi) is 3.41. The molecule has 3 rings (SSSR count). The first-order chi connectivity index (χ1) is 9.97. The summed E-state index contributed by atoms with van der Waals surface area (Å²) in [5.74, 6) is -1.17. The van der Waals surface area contributed by atoms with Crippen LogP contribution in [-0.4, -0.2) is 9.55 Å². The molecule has 0 saturated carbocycles. The first-order valence-corrected chi connectivity index (χ1v) is 6.99. The van der Waals surface area contributed by atoms with Gasteiger partial charge in [0.15, 0.2) is 11.6 Å². The van der Waals surface area contributed by atoms with Crippen molar-refractivity contribution in [2.24, 2.45) is 0 Å². The number of hydrogen-bond donors (Lipinski definition) is 0. The average Bonchev–Trinajstić information content (AvgIpc) is 2.80. The molecule has 0 saturated heterocycles. The summed E-state index contributed by atoms with van der Waals surface area (Å²) in [7, 11) is 0. The van der Waals surface area contributed by atoms with E-state index in [0.717, 1.165) is 28.7 Å². The number of imidazole rings is 1. The Bertz CT molecular complexity index is 825. The quantitative estimate of drug-likeness (QED) is 0.615. The molecule has 0 N–H and O–H groups in total. The van der Waals surface area contributed by atoms with Crippen LogP contribution in [0.15, 0.2) is 36.4 Å². The van der Waals surface area contributed by atoms with Crippen LogP contribution in [0.4, 0.5) is 8.78 Å². The summed E-state index contributed by atoms with van der Waals surface area (Å²) in [5, 5.41) is -0.356. The molecule has 2 aromatic carbocycles. The van der Waals surface area contributed by atoms with Crippen LogP contribution >= 0.6 is 11.6 Å². The topological polar surface area (TPSA) is 17.8 Å². The standard InChI is InChI=1S/C16H13ClF2N2/c1-9-3-6-15-14(7-9)20-16(10(2)17)21(15)11-4-5-12(18)13(19)8-11/h3-8,10H,1-2H3. The first kappa shape index (κ1) is 14.0. The SMILES string of the molecule is Cc1ccc2c(c1)nc(C(C)Cl)n2-c1ccc(F)c(F)c1. The zero-order valence-corrected chi connectivity index (χ0v) is 12.3. The maximum Gasteiger partial charge on any atom is 0.160 e. The number of alkyl halides is 1. The van der Waals surface area contributed by atoms with E-state index in [1.807, 2.05) is 25.1 Å². The summed E-state index contributed by atoms with van der Waals surface area (Å²) in [5.41, 5.74) is 3.17. The van der Waals surface area contributed by atoms with Gasteiger partial charge < -0.3 is 0 Å². The molecule has 3 aromatic rings. The molecule has 1 atom stereocenters. The normalized spacial score (nSPS) is 12.8. The molecule has 0 aliphatic carbocycles. The lowest BCUT2D eigenvalue weighted by Gasteiger charge is -2.11. The molecular weight excluding hydrogens is 294 g/mol. The van der Waals surface area contributed by atoms with E-state index in [2.05, 4.69) is 4.98 Å². The number of rotatable bonds is 2. The average molecular weight is 307 g/mol. The highest BCUT2D eigenvalue weighted by molar-refractivity contribution is 6.20. The van der Waals surface area contributed by atoms with Gasteiger partial charge in [-0.3, -0.25) is 4.57 Å². The molecule has 0 fully saturated rings. The highest BCUT2D eigenvalue weighted by Gasteiger charge is 2.17. The Labute approximate surface area is 126 Å². The number of hydrogen-bond acceptors (Lipinski definition) is 1.